The Labute approximate surface area is 93.1 Å². The maximum absolute atomic E-state index is 10.9. The average Bonchev–Trinajstić information content (AvgIpc) is 2.99. The van der Waals surface area contributed by atoms with Crippen LogP contribution in [-0.2, 0) is 11.3 Å². The molecule has 1 aromatic rings. The first-order valence-electron chi connectivity index (χ1n) is 5.15. The van der Waals surface area contributed by atoms with Crippen molar-refractivity contribution in [2.24, 2.45) is 0 Å². The number of nitrogens with zero attached hydrogens (tertiary/aromatic N) is 1. The number of likely N-dealkylation sites (N-methyl/N-ethyl adjacent to an activating group) is 1. The van der Waals surface area contributed by atoms with E-state index in [1.165, 1.54) is 22.7 Å². The highest BCUT2D eigenvalue weighted by Gasteiger charge is 2.26. The minimum atomic E-state index is 0.0157. The first-order valence-corrected chi connectivity index (χ1v) is 5.97. The zero-order valence-electron chi connectivity index (χ0n) is 8.75. The number of hydrogen-bond donors (Lipinski definition) is 2. The third-order valence-electron chi connectivity index (χ3n) is 2.36. The Morgan fingerprint density at radius 1 is 1.67 bits per heavy atom. The maximum Gasteiger partial charge on any atom is 0.233 e. The van der Waals surface area contributed by atoms with Gasteiger partial charge in [0.25, 0.3) is 0 Å². The fourth-order valence-corrected chi connectivity index (χ4v) is 2.37. The van der Waals surface area contributed by atoms with Crippen LogP contribution in [0.1, 0.15) is 28.6 Å². The third kappa shape index (κ3) is 3.00. The van der Waals surface area contributed by atoms with Crippen LogP contribution < -0.4 is 10.6 Å². The van der Waals surface area contributed by atoms with Crippen LogP contribution in [0.15, 0.2) is 6.20 Å². The number of aromatic nitrogens is 1. The van der Waals surface area contributed by atoms with E-state index in [4.69, 9.17) is 0 Å². The number of carbonyl (C=O) groups is 1. The minimum absolute atomic E-state index is 0.0157. The van der Waals surface area contributed by atoms with E-state index in [1.807, 2.05) is 6.20 Å². The summed E-state index contributed by atoms with van der Waals surface area (Å²) in [6.07, 6.45) is 4.49. The molecule has 82 valence electrons. The predicted molar refractivity (Wildman–Crippen MR) is 59.9 cm³/mol. The van der Waals surface area contributed by atoms with E-state index in [9.17, 15) is 4.79 Å². The van der Waals surface area contributed by atoms with Crippen LogP contribution in [0.3, 0.4) is 0 Å². The van der Waals surface area contributed by atoms with Gasteiger partial charge in [0.05, 0.1) is 11.6 Å². The van der Waals surface area contributed by atoms with E-state index in [0.29, 0.717) is 6.54 Å². The van der Waals surface area contributed by atoms with Gasteiger partial charge in [-0.3, -0.25) is 4.79 Å². The Balaban J connectivity index is 1.75. The summed E-state index contributed by atoms with van der Waals surface area (Å²) in [4.78, 5) is 16.5. The molecular weight excluding hydrogens is 210 g/mol. The molecule has 5 heteroatoms. The van der Waals surface area contributed by atoms with Crippen LogP contribution in [0.25, 0.3) is 0 Å². The van der Waals surface area contributed by atoms with Gasteiger partial charge in [0, 0.05) is 30.6 Å². The van der Waals surface area contributed by atoms with Gasteiger partial charge in [-0.25, -0.2) is 4.98 Å². The molecule has 1 aliphatic carbocycles. The molecule has 0 unspecified atom stereocenters. The van der Waals surface area contributed by atoms with Crippen LogP contribution in [0.4, 0.5) is 0 Å². The van der Waals surface area contributed by atoms with Crippen molar-refractivity contribution in [1.82, 2.24) is 15.6 Å². The molecule has 2 rings (SSSR count). The van der Waals surface area contributed by atoms with Crippen molar-refractivity contribution in [1.29, 1.82) is 0 Å². The van der Waals surface area contributed by atoms with E-state index in [2.05, 4.69) is 15.6 Å². The Morgan fingerprint density at radius 2 is 2.47 bits per heavy atom. The first kappa shape index (κ1) is 10.6. The van der Waals surface area contributed by atoms with Crippen LogP contribution in [0.5, 0.6) is 0 Å². The van der Waals surface area contributed by atoms with Gasteiger partial charge in [-0.2, -0.15) is 0 Å². The quantitative estimate of drug-likeness (QED) is 0.781. The molecule has 0 saturated heterocycles. The van der Waals surface area contributed by atoms with Gasteiger partial charge in [-0.15, -0.1) is 11.3 Å². The third-order valence-corrected chi connectivity index (χ3v) is 3.52. The average molecular weight is 225 g/mol. The van der Waals surface area contributed by atoms with E-state index in [-0.39, 0.29) is 5.91 Å². The molecule has 15 heavy (non-hydrogen) atoms. The summed E-state index contributed by atoms with van der Waals surface area (Å²) in [5.74, 6) is 0.740. The van der Waals surface area contributed by atoms with Gasteiger partial charge < -0.3 is 10.6 Å². The molecule has 4 nitrogen and oxygen atoms in total. The number of amides is 1. The monoisotopic (exact) mass is 225 g/mol. The van der Waals surface area contributed by atoms with Crippen molar-refractivity contribution in [3.05, 3.63) is 16.1 Å². The van der Waals surface area contributed by atoms with Crippen molar-refractivity contribution in [2.45, 2.75) is 25.3 Å². The molecule has 0 aliphatic heterocycles. The molecule has 1 amide bonds. The minimum Gasteiger partial charge on any atom is -0.358 e. The van der Waals surface area contributed by atoms with Crippen LogP contribution in [0, 0.1) is 0 Å². The SMILES string of the molecule is CNC(=O)CNCc1cnc(C2CC2)s1. The Kier molecular flexibility index (Phi) is 3.33. The van der Waals surface area contributed by atoms with Crippen LogP contribution in [-0.4, -0.2) is 24.5 Å². The Morgan fingerprint density at radius 3 is 3.13 bits per heavy atom. The number of carbonyl (C=O) groups excluding carboxylic acids is 1. The standard InChI is InChI=1S/C10H15N3OS/c1-11-9(14)6-12-4-8-5-13-10(15-8)7-2-3-7/h5,7,12H,2-4,6H2,1H3,(H,11,14). The summed E-state index contributed by atoms with van der Waals surface area (Å²) in [6, 6.07) is 0. The summed E-state index contributed by atoms with van der Waals surface area (Å²) >= 11 is 1.76. The maximum atomic E-state index is 10.9. The van der Waals surface area contributed by atoms with Crippen molar-refractivity contribution < 1.29 is 4.79 Å². The zero-order chi connectivity index (χ0) is 10.7. The molecule has 0 spiro atoms. The molecular formula is C10H15N3OS. The Bertz CT molecular complexity index is 346. The summed E-state index contributed by atoms with van der Waals surface area (Å²) in [5.41, 5.74) is 0. The highest BCUT2D eigenvalue weighted by molar-refractivity contribution is 7.11. The van der Waals surface area contributed by atoms with Crippen molar-refractivity contribution in [3.8, 4) is 0 Å². The van der Waals surface area contributed by atoms with Gasteiger partial charge in [0.1, 0.15) is 0 Å². The van der Waals surface area contributed by atoms with Gasteiger partial charge in [0.15, 0.2) is 0 Å². The zero-order valence-corrected chi connectivity index (χ0v) is 9.56. The molecule has 1 saturated carbocycles. The summed E-state index contributed by atoms with van der Waals surface area (Å²) < 4.78 is 0. The van der Waals surface area contributed by atoms with Crippen molar-refractivity contribution in [2.75, 3.05) is 13.6 Å². The lowest BCUT2D eigenvalue weighted by Crippen LogP contribution is -2.30. The van der Waals surface area contributed by atoms with Gasteiger partial charge in [-0.05, 0) is 12.8 Å². The number of nitrogens with one attached hydrogen (secondary N) is 2. The van der Waals surface area contributed by atoms with Gasteiger partial charge >= 0.3 is 0 Å². The van der Waals surface area contributed by atoms with Gasteiger partial charge in [-0.1, -0.05) is 0 Å². The van der Waals surface area contributed by atoms with E-state index in [1.54, 1.807) is 18.4 Å². The van der Waals surface area contributed by atoms with Crippen molar-refractivity contribution in [3.63, 3.8) is 0 Å². The smallest absolute Gasteiger partial charge is 0.233 e. The van der Waals surface area contributed by atoms with E-state index in [0.717, 1.165) is 12.5 Å². The topological polar surface area (TPSA) is 54.0 Å². The fraction of sp³-hybridized carbons (Fsp3) is 0.600. The largest absolute Gasteiger partial charge is 0.358 e. The van der Waals surface area contributed by atoms with Crippen molar-refractivity contribution >= 4 is 17.2 Å². The number of rotatable bonds is 5. The number of thiazole rings is 1. The molecule has 0 bridgehead atoms. The highest BCUT2D eigenvalue weighted by atomic mass is 32.1. The molecule has 2 N–H and O–H groups in total. The molecule has 1 fully saturated rings. The van der Waals surface area contributed by atoms with Crippen LogP contribution in [0.2, 0.25) is 0 Å². The highest BCUT2D eigenvalue weighted by Crippen LogP contribution is 2.41. The van der Waals surface area contributed by atoms with E-state index >= 15 is 0 Å². The first-order chi connectivity index (χ1) is 7.29. The molecule has 1 aromatic heterocycles. The lowest BCUT2D eigenvalue weighted by molar-refractivity contribution is -0.119. The molecule has 0 atom stereocenters. The lowest BCUT2D eigenvalue weighted by Gasteiger charge is -2.00. The molecule has 0 radical (unpaired) electrons. The second kappa shape index (κ2) is 4.72. The fourth-order valence-electron chi connectivity index (χ4n) is 1.31. The summed E-state index contributed by atoms with van der Waals surface area (Å²) in [6.45, 7) is 1.10. The molecule has 0 aromatic carbocycles. The van der Waals surface area contributed by atoms with Gasteiger partial charge in [0.2, 0.25) is 5.91 Å². The molecule has 1 aliphatic rings. The molecule has 1 heterocycles. The van der Waals surface area contributed by atoms with Crippen LogP contribution >= 0.6 is 11.3 Å². The predicted octanol–water partition coefficient (Wildman–Crippen LogP) is 0.856. The second-order valence-corrected chi connectivity index (χ2v) is 4.86. The summed E-state index contributed by atoms with van der Waals surface area (Å²) in [5, 5.41) is 6.91. The Hall–Kier alpha value is -0.940. The normalized spacial score (nSPS) is 15.3. The lowest BCUT2D eigenvalue weighted by atomic mass is 10.4. The van der Waals surface area contributed by atoms with E-state index < -0.39 is 0 Å². The second-order valence-electron chi connectivity index (χ2n) is 3.72. The number of hydrogen-bond acceptors (Lipinski definition) is 4. The summed E-state index contributed by atoms with van der Waals surface area (Å²) in [7, 11) is 1.64.